The van der Waals surface area contributed by atoms with Gasteiger partial charge in [0.05, 0.1) is 12.1 Å². The molecule has 0 atom stereocenters. The van der Waals surface area contributed by atoms with Crippen molar-refractivity contribution in [1.29, 1.82) is 0 Å². The summed E-state index contributed by atoms with van der Waals surface area (Å²) >= 11 is 0. The Morgan fingerprint density at radius 1 is 1.55 bits per heavy atom. The van der Waals surface area contributed by atoms with E-state index in [1.807, 2.05) is 6.92 Å². The van der Waals surface area contributed by atoms with E-state index >= 15 is 0 Å². The van der Waals surface area contributed by atoms with E-state index in [9.17, 15) is 9.18 Å². The Balaban J connectivity index is 2.68. The van der Waals surface area contributed by atoms with E-state index in [1.165, 1.54) is 6.07 Å². The van der Waals surface area contributed by atoms with Gasteiger partial charge in [-0.2, -0.15) is 0 Å². The van der Waals surface area contributed by atoms with Gasteiger partial charge in [-0.3, -0.25) is 4.79 Å². The second kappa shape index (κ2) is 7.44. The van der Waals surface area contributed by atoms with Gasteiger partial charge in [-0.25, -0.2) is 4.39 Å². The van der Waals surface area contributed by atoms with Crippen molar-refractivity contribution in [1.82, 2.24) is 10.2 Å². The molecule has 0 aliphatic heterocycles. The number of nitrogens with two attached hydrogens (primary N) is 1. The van der Waals surface area contributed by atoms with E-state index in [4.69, 9.17) is 10.9 Å². The first-order valence-electron chi connectivity index (χ1n) is 6.21. The van der Waals surface area contributed by atoms with Gasteiger partial charge < -0.3 is 21.2 Å². The summed E-state index contributed by atoms with van der Waals surface area (Å²) in [7, 11) is 1.70. The molecule has 20 heavy (non-hydrogen) atoms. The zero-order chi connectivity index (χ0) is 15.1. The summed E-state index contributed by atoms with van der Waals surface area (Å²) in [6, 6.07) is 4.60. The monoisotopic (exact) mass is 282 g/mol. The highest BCUT2D eigenvalue weighted by atomic mass is 19.1. The van der Waals surface area contributed by atoms with Crippen molar-refractivity contribution in [3.05, 3.63) is 35.1 Å². The number of benzene rings is 1. The lowest BCUT2D eigenvalue weighted by Gasteiger charge is -2.15. The van der Waals surface area contributed by atoms with E-state index < -0.39 is 5.82 Å². The number of carbonyl (C=O) groups is 1. The molecule has 6 nitrogen and oxygen atoms in total. The standard InChI is InChI=1S/C13H19FN4O2/c1-3-18(2)11(19)8-16-7-9-5-4-6-10(12(9)14)13(15)17-20/h4-6,16,20H,3,7-8H2,1-2H3,(H2,15,17). The van der Waals surface area contributed by atoms with Gasteiger partial charge in [-0.05, 0) is 13.0 Å². The number of hydrogen-bond acceptors (Lipinski definition) is 4. The number of nitrogens with zero attached hydrogens (tertiary/aromatic N) is 2. The fraction of sp³-hybridized carbons (Fsp3) is 0.385. The van der Waals surface area contributed by atoms with Gasteiger partial charge in [0.15, 0.2) is 5.84 Å². The van der Waals surface area contributed by atoms with Crippen LogP contribution in [0.2, 0.25) is 0 Å². The molecule has 0 aliphatic carbocycles. The highest BCUT2D eigenvalue weighted by molar-refractivity contribution is 5.97. The fourth-order valence-electron chi connectivity index (χ4n) is 1.58. The molecule has 0 saturated carbocycles. The zero-order valence-corrected chi connectivity index (χ0v) is 11.6. The minimum atomic E-state index is -0.563. The topological polar surface area (TPSA) is 91.0 Å². The van der Waals surface area contributed by atoms with Crippen LogP contribution in [0.5, 0.6) is 0 Å². The Morgan fingerprint density at radius 2 is 2.25 bits per heavy atom. The maximum atomic E-state index is 14.1. The molecule has 0 saturated heterocycles. The van der Waals surface area contributed by atoms with E-state index in [0.29, 0.717) is 12.1 Å². The van der Waals surface area contributed by atoms with Gasteiger partial charge >= 0.3 is 0 Å². The van der Waals surface area contributed by atoms with Crippen LogP contribution in [0.1, 0.15) is 18.1 Å². The molecule has 0 unspecified atom stereocenters. The summed E-state index contributed by atoms with van der Waals surface area (Å²) in [5.74, 6) is -0.918. The number of amides is 1. The van der Waals surface area contributed by atoms with Gasteiger partial charge in [0.25, 0.3) is 0 Å². The normalized spacial score (nSPS) is 11.4. The van der Waals surface area contributed by atoms with Crippen molar-refractivity contribution < 1.29 is 14.4 Å². The Labute approximate surface area is 117 Å². The van der Waals surface area contributed by atoms with Gasteiger partial charge in [-0.15, -0.1) is 0 Å². The van der Waals surface area contributed by atoms with Crippen molar-refractivity contribution in [3.63, 3.8) is 0 Å². The van der Waals surface area contributed by atoms with Crippen LogP contribution in [0.25, 0.3) is 0 Å². The number of amidine groups is 1. The molecule has 4 N–H and O–H groups in total. The summed E-state index contributed by atoms with van der Waals surface area (Å²) < 4.78 is 14.1. The van der Waals surface area contributed by atoms with E-state index in [0.717, 1.165) is 0 Å². The van der Waals surface area contributed by atoms with Crippen LogP contribution in [-0.2, 0) is 11.3 Å². The van der Waals surface area contributed by atoms with Crippen molar-refractivity contribution in [2.75, 3.05) is 20.1 Å². The maximum absolute atomic E-state index is 14.1. The second-order valence-corrected chi connectivity index (χ2v) is 4.28. The van der Waals surface area contributed by atoms with Crippen LogP contribution >= 0.6 is 0 Å². The lowest BCUT2D eigenvalue weighted by molar-refractivity contribution is -0.128. The number of nitrogens with one attached hydrogen (secondary N) is 1. The highest BCUT2D eigenvalue weighted by Gasteiger charge is 2.12. The van der Waals surface area contributed by atoms with Gasteiger partial charge in [0.1, 0.15) is 5.82 Å². The van der Waals surface area contributed by atoms with Crippen LogP contribution in [-0.4, -0.2) is 42.0 Å². The van der Waals surface area contributed by atoms with Crippen LogP contribution in [0, 0.1) is 5.82 Å². The van der Waals surface area contributed by atoms with Crippen molar-refractivity contribution in [2.24, 2.45) is 10.9 Å². The van der Waals surface area contributed by atoms with Crippen LogP contribution < -0.4 is 11.1 Å². The first kappa shape index (κ1) is 15.9. The number of oxime groups is 1. The third kappa shape index (κ3) is 3.92. The third-order valence-electron chi connectivity index (χ3n) is 2.95. The quantitative estimate of drug-likeness (QED) is 0.306. The van der Waals surface area contributed by atoms with Gasteiger partial charge in [-0.1, -0.05) is 17.3 Å². The molecule has 1 amide bonds. The largest absolute Gasteiger partial charge is 0.409 e. The molecular weight excluding hydrogens is 263 g/mol. The van der Waals surface area contributed by atoms with E-state index in [2.05, 4.69) is 10.5 Å². The van der Waals surface area contributed by atoms with E-state index in [1.54, 1.807) is 24.1 Å². The van der Waals surface area contributed by atoms with E-state index in [-0.39, 0.29) is 30.4 Å². The Bertz CT molecular complexity index is 505. The van der Waals surface area contributed by atoms with Crippen molar-refractivity contribution in [3.8, 4) is 0 Å². The molecule has 0 aromatic heterocycles. The van der Waals surface area contributed by atoms with Crippen LogP contribution in [0.4, 0.5) is 4.39 Å². The predicted octanol–water partition coefficient (Wildman–Crippen LogP) is 0.488. The third-order valence-corrected chi connectivity index (χ3v) is 2.95. The summed E-state index contributed by atoms with van der Waals surface area (Å²) in [5.41, 5.74) is 5.76. The number of hydrogen-bond donors (Lipinski definition) is 3. The van der Waals surface area contributed by atoms with Crippen LogP contribution in [0.15, 0.2) is 23.4 Å². The molecule has 1 aromatic rings. The number of rotatable bonds is 6. The minimum Gasteiger partial charge on any atom is -0.409 e. The molecule has 0 bridgehead atoms. The molecule has 0 spiro atoms. The maximum Gasteiger partial charge on any atom is 0.236 e. The Morgan fingerprint density at radius 3 is 2.85 bits per heavy atom. The molecule has 0 fully saturated rings. The lowest BCUT2D eigenvalue weighted by atomic mass is 10.1. The number of halogens is 1. The average Bonchev–Trinajstić information content (AvgIpc) is 2.47. The average molecular weight is 282 g/mol. The summed E-state index contributed by atoms with van der Waals surface area (Å²) in [6.45, 7) is 2.80. The van der Waals surface area contributed by atoms with Crippen molar-refractivity contribution in [2.45, 2.75) is 13.5 Å². The van der Waals surface area contributed by atoms with Crippen LogP contribution in [0.3, 0.4) is 0 Å². The summed E-state index contributed by atoms with van der Waals surface area (Å²) in [4.78, 5) is 13.1. The first-order chi connectivity index (χ1) is 9.51. The first-order valence-corrected chi connectivity index (χ1v) is 6.21. The fourth-order valence-corrected chi connectivity index (χ4v) is 1.58. The number of carbonyl (C=O) groups excluding carboxylic acids is 1. The van der Waals surface area contributed by atoms with Gasteiger partial charge in [0.2, 0.25) is 5.91 Å². The second-order valence-electron chi connectivity index (χ2n) is 4.28. The highest BCUT2D eigenvalue weighted by Crippen LogP contribution is 2.12. The number of likely N-dealkylation sites (N-methyl/N-ethyl adjacent to an activating group) is 1. The minimum absolute atomic E-state index is 0.0313. The molecular formula is C13H19FN4O2. The molecule has 7 heteroatoms. The molecule has 110 valence electrons. The molecule has 0 radical (unpaired) electrons. The zero-order valence-electron chi connectivity index (χ0n) is 11.6. The van der Waals surface area contributed by atoms with Crippen molar-refractivity contribution >= 4 is 11.7 Å². The molecule has 1 rings (SSSR count). The molecule has 1 aromatic carbocycles. The SMILES string of the molecule is CCN(C)C(=O)CNCc1cccc(/C(N)=N/O)c1F. The lowest BCUT2D eigenvalue weighted by Crippen LogP contribution is -2.35. The predicted molar refractivity (Wildman–Crippen MR) is 73.9 cm³/mol. The summed E-state index contributed by atoms with van der Waals surface area (Å²) in [6.07, 6.45) is 0. The van der Waals surface area contributed by atoms with Gasteiger partial charge in [0, 0.05) is 25.7 Å². The molecule has 0 heterocycles. The summed E-state index contributed by atoms with van der Waals surface area (Å²) in [5, 5.41) is 14.2. The Hall–Kier alpha value is -2.15. The Kier molecular flexibility index (Phi) is 5.92. The smallest absolute Gasteiger partial charge is 0.236 e. The molecule has 0 aliphatic rings.